The summed E-state index contributed by atoms with van der Waals surface area (Å²) in [4.78, 5) is 23.9. The van der Waals surface area contributed by atoms with E-state index < -0.39 is 33.2 Å². The maximum absolute atomic E-state index is 13.8. The summed E-state index contributed by atoms with van der Waals surface area (Å²) in [5.74, 6) is -1.87. The van der Waals surface area contributed by atoms with E-state index in [0.717, 1.165) is 12.1 Å². The van der Waals surface area contributed by atoms with Crippen LogP contribution in [-0.2, 0) is 14.8 Å². The second-order valence-corrected chi connectivity index (χ2v) is 9.30. The number of hydrogen-bond donors (Lipinski definition) is 3. The molecule has 156 valence electrons. The SMILES string of the molecule is CC(C)(C)NC(=O)CNC(=O)c1cc(S(=O)(=O)Nc2ccccc2F)ccc1Cl. The van der Waals surface area contributed by atoms with Crippen molar-refractivity contribution in [2.75, 3.05) is 11.3 Å². The first-order chi connectivity index (χ1) is 13.4. The molecule has 0 saturated carbocycles. The Morgan fingerprint density at radius 2 is 1.76 bits per heavy atom. The minimum absolute atomic E-state index is 0.00331. The molecule has 0 aliphatic rings. The van der Waals surface area contributed by atoms with Gasteiger partial charge in [-0.25, -0.2) is 12.8 Å². The molecule has 0 aliphatic carbocycles. The van der Waals surface area contributed by atoms with E-state index in [-0.39, 0.29) is 27.7 Å². The zero-order chi connectivity index (χ0) is 21.8. The quantitative estimate of drug-likeness (QED) is 0.641. The molecule has 7 nitrogen and oxygen atoms in total. The standard InChI is InChI=1S/C19H21ClFN3O4S/c1-19(2,3)23-17(25)11-22-18(26)13-10-12(8-9-14(13)20)29(27,28)24-16-7-5-4-6-15(16)21/h4-10,24H,11H2,1-3H3,(H,22,26)(H,23,25). The number of nitrogens with one attached hydrogen (secondary N) is 3. The second-order valence-electron chi connectivity index (χ2n) is 7.21. The van der Waals surface area contributed by atoms with E-state index in [1.165, 1.54) is 30.3 Å². The van der Waals surface area contributed by atoms with Crippen molar-refractivity contribution in [1.82, 2.24) is 10.6 Å². The fourth-order valence-electron chi connectivity index (χ4n) is 2.31. The lowest BCUT2D eigenvalue weighted by Gasteiger charge is -2.20. The van der Waals surface area contributed by atoms with Crippen LogP contribution in [0, 0.1) is 5.82 Å². The minimum atomic E-state index is -4.17. The van der Waals surface area contributed by atoms with Gasteiger partial charge in [-0.15, -0.1) is 0 Å². The summed E-state index contributed by atoms with van der Waals surface area (Å²) in [6.07, 6.45) is 0. The smallest absolute Gasteiger partial charge is 0.262 e. The first-order valence-electron chi connectivity index (χ1n) is 8.55. The highest BCUT2D eigenvalue weighted by molar-refractivity contribution is 7.92. The molecule has 0 saturated heterocycles. The maximum Gasteiger partial charge on any atom is 0.262 e. The van der Waals surface area contributed by atoms with Crippen molar-refractivity contribution in [3.8, 4) is 0 Å². The Kier molecular flexibility index (Phi) is 6.86. The lowest BCUT2D eigenvalue weighted by atomic mass is 10.1. The predicted molar refractivity (Wildman–Crippen MR) is 109 cm³/mol. The molecular formula is C19H21ClFN3O4S. The first-order valence-corrected chi connectivity index (χ1v) is 10.4. The number of anilines is 1. The third kappa shape index (κ3) is 6.43. The molecule has 29 heavy (non-hydrogen) atoms. The number of carbonyl (C=O) groups excluding carboxylic acids is 2. The van der Waals surface area contributed by atoms with Crippen LogP contribution in [0.15, 0.2) is 47.4 Å². The van der Waals surface area contributed by atoms with Crippen molar-refractivity contribution in [2.24, 2.45) is 0 Å². The third-order valence-electron chi connectivity index (χ3n) is 3.53. The van der Waals surface area contributed by atoms with Crippen LogP contribution in [0.5, 0.6) is 0 Å². The molecule has 0 bridgehead atoms. The van der Waals surface area contributed by atoms with Gasteiger partial charge in [0.15, 0.2) is 0 Å². The number of sulfonamides is 1. The summed E-state index contributed by atoms with van der Waals surface area (Å²) in [5, 5.41) is 5.07. The van der Waals surface area contributed by atoms with Crippen LogP contribution in [-0.4, -0.2) is 32.3 Å². The van der Waals surface area contributed by atoms with Gasteiger partial charge < -0.3 is 10.6 Å². The molecule has 2 amide bonds. The molecule has 2 aromatic carbocycles. The highest BCUT2D eigenvalue weighted by Crippen LogP contribution is 2.23. The summed E-state index contributed by atoms with van der Waals surface area (Å²) < 4.78 is 41.0. The summed E-state index contributed by atoms with van der Waals surface area (Å²) in [6, 6.07) is 8.77. The molecule has 0 fully saturated rings. The molecule has 0 atom stereocenters. The monoisotopic (exact) mass is 441 g/mol. The van der Waals surface area contributed by atoms with Crippen molar-refractivity contribution >= 4 is 39.1 Å². The largest absolute Gasteiger partial charge is 0.350 e. The number of amides is 2. The van der Waals surface area contributed by atoms with E-state index in [1.807, 2.05) is 0 Å². The Labute approximate surface area is 173 Å². The Hall–Kier alpha value is -2.65. The summed E-state index contributed by atoms with van der Waals surface area (Å²) >= 11 is 6.01. The average molecular weight is 442 g/mol. The van der Waals surface area contributed by atoms with E-state index in [0.29, 0.717) is 0 Å². The van der Waals surface area contributed by atoms with Crippen molar-refractivity contribution in [3.05, 3.63) is 58.9 Å². The molecule has 2 aromatic rings. The van der Waals surface area contributed by atoms with Crippen molar-refractivity contribution < 1.29 is 22.4 Å². The zero-order valence-corrected chi connectivity index (χ0v) is 17.6. The number of benzene rings is 2. The highest BCUT2D eigenvalue weighted by atomic mass is 35.5. The number of hydrogen-bond acceptors (Lipinski definition) is 4. The molecule has 10 heteroatoms. The maximum atomic E-state index is 13.8. The van der Waals surface area contributed by atoms with Crippen LogP contribution in [0.2, 0.25) is 5.02 Å². The van der Waals surface area contributed by atoms with Crippen molar-refractivity contribution in [1.29, 1.82) is 0 Å². The Bertz CT molecular complexity index is 1040. The third-order valence-corrected chi connectivity index (χ3v) is 5.23. The van der Waals surface area contributed by atoms with Crippen LogP contribution in [0.1, 0.15) is 31.1 Å². The Morgan fingerprint density at radius 3 is 2.38 bits per heavy atom. The molecule has 0 unspecified atom stereocenters. The molecule has 3 N–H and O–H groups in total. The van der Waals surface area contributed by atoms with Gasteiger partial charge in [-0.2, -0.15) is 0 Å². The van der Waals surface area contributed by atoms with E-state index >= 15 is 0 Å². The summed E-state index contributed by atoms with van der Waals surface area (Å²) in [6.45, 7) is 5.07. The van der Waals surface area contributed by atoms with E-state index in [4.69, 9.17) is 11.6 Å². The molecular weight excluding hydrogens is 421 g/mol. The van der Waals surface area contributed by atoms with E-state index in [1.54, 1.807) is 20.8 Å². The number of rotatable bonds is 6. The van der Waals surface area contributed by atoms with Crippen LogP contribution in [0.3, 0.4) is 0 Å². The first kappa shape index (κ1) is 22.6. The Morgan fingerprint density at radius 1 is 1.10 bits per heavy atom. The molecule has 0 radical (unpaired) electrons. The molecule has 0 heterocycles. The molecule has 0 aromatic heterocycles. The van der Waals surface area contributed by atoms with E-state index in [9.17, 15) is 22.4 Å². The van der Waals surface area contributed by atoms with Crippen LogP contribution < -0.4 is 15.4 Å². The summed E-state index contributed by atoms with van der Waals surface area (Å²) in [7, 11) is -4.17. The second kappa shape index (κ2) is 8.79. The van der Waals surface area contributed by atoms with E-state index in [2.05, 4.69) is 15.4 Å². The van der Waals surface area contributed by atoms with Gasteiger partial charge in [-0.1, -0.05) is 23.7 Å². The van der Waals surface area contributed by atoms with Crippen LogP contribution in [0.4, 0.5) is 10.1 Å². The van der Waals surface area contributed by atoms with Gasteiger partial charge in [0, 0.05) is 5.54 Å². The molecule has 0 spiro atoms. The van der Waals surface area contributed by atoms with Gasteiger partial charge in [-0.3, -0.25) is 14.3 Å². The fraction of sp³-hybridized carbons (Fsp3) is 0.263. The normalized spacial score (nSPS) is 11.6. The van der Waals surface area contributed by atoms with Gasteiger partial charge in [0.1, 0.15) is 5.82 Å². The lowest BCUT2D eigenvalue weighted by molar-refractivity contribution is -0.121. The summed E-state index contributed by atoms with van der Waals surface area (Å²) in [5.41, 5.74) is -0.829. The predicted octanol–water partition coefficient (Wildman–Crippen LogP) is 2.92. The molecule has 0 aliphatic heterocycles. The Balaban J connectivity index is 2.19. The molecule has 2 rings (SSSR count). The van der Waals surface area contributed by atoms with Crippen LogP contribution >= 0.6 is 11.6 Å². The van der Waals surface area contributed by atoms with Crippen molar-refractivity contribution in [2.45, 2.75) is 31.2 Å². The number of para-hydroxylation sites is 1. The highest BCUT2D eigenvalue weighted by Gasteiger charge is 2.21. The van der Waals surface area contributed by atoms with Gasteiger partial charge >= 0.3 is 0 Å². The van der Waals surface area contributed by atoms with Gasteiger partial charge in [0.25, 0.3) is 15.9 Å². The topological polar surface area (TPSA) is 104 Å². The lowest BCUT2D eigenvalue weighted by Crippen LogP contribution is -2.45. The van der Waals surface area contributed by atoms with Gasteiger partial charge in [-0.05, 0) is 51.1 Å². The zero-order valence-electron chi connectivity index (χ0n) is 16.0. The van der Waals surface area contributed by atoms with Gasteiger partial charge in [0.2, 0.25) is 5.91 Å². The van der Waals surface area contributed by atoms with Crippen LogP contribution in [0.25, 0.3) is 0 Å². The number of halogens is 2. The van der Waals surface area contributed by atoms with Gasteiger partial charge in [0.05, 0.1) is 27.7 Å². The fourth-order valence-corrected chi connectivity index (χ4v) is 3.61. The minimum Gasteiger partial charge on any atom is -0.350 e. The number of carbonyl (C=O) groups is 2. The average Bonchev–Trinajstić information content (AvgIpc) is 2.60. The van der Waals surface area contributed by atoms with Crippen molar-refractivity contribution in [3.63, 3.8) is 0 Å².